The first-order valence-electron chi connectivity index (χ1n) is 13.1. The molecule has 204 valence electrons. The molecule has 0 saturated carbocycles. The first kappa shape index (κ1) is 26.1. The van der Waals surface area contributed by atoms with Crippen molar-refractivity contribution in [1.29, 1.82) is 0 Å². The van der Waals surface area contributed by atoms with Gasteiger partial charge in [-0.2, -0.15) is 9.67 Å². The normalized spacial score (nSPS) is 17.6. The van der Waals surface area contributed by atoms with E-state index in [9.17, 15) is 18.4 Å². The van der Waals surface area contributed by atoms with Gasteiger partial charge in [0.1, 0.15) is 17.2 Å². The zero-order valence-electron chi connectivity index (χ0n) is 21.4. The molecule has 6 rings (SSSR count). The minimum Gasteiger partial charge on any atom is -0.340 e. The Balaban J connectivity index is 1.34. The highest BCUT2D eigenvalue weighted by Crippen LogP contribution is 2.41. The molecule has 0 radical (unpaired) electrons. The van der Waals surface area contributed by atoms with E-state index in [0.29, 0.717) is 55.0 Å². The number of aliphatic imine (C=N–C) groups is 1. The third-order valence-electron chi connectivity index (χ3n) is 7.73. The van der Waals surface area contributed by atoms with E-state index in [0.717, 1.165) is 12.8 Å². The van der Waals surface area contributed by atoms with E-state index < -0.39 is 23.1 Å². The van der Waals surface area contributed by atoms with E-state index in [2.05, 4.69) is 15.3 Å². The van der Waals surface area contributed by atoms with Crippen LogP contribution < -0.4 is 4.90 Å². The fraction of sp³-hybridized carbons (Fsp3) is 0.276. The van der Waals surface area contributed by atoms with Gasteiger partial charge in [0.15, 0.2) is 0 Å². The molecule has 2 saturated heterocycles. The lowest BCUT2D eigenvalue weighted by Crippen LogP contribution is -2.61. The van der Waals surface area contributed by atoms with Gasteiger partial charge in [0, 0.05) is 30.8 Å². The molecule has 1 spiro atoms. The number of fused-ring (bicyclic) bond motifs is 1. The molecule has 2 amide bonds. The fourth-order valence-corrected chi connectivity index (χ4v) is 5.83. The van der Waals surface area contributed by atoms with E-state index in [1.165, 1.54) is 41.1 Å². The Morgan fingerprint density at radius 2 is 1.73 bits per heavy atom. The molecule has 4 aromatic rings. The maximum atomic E-state index is 14.4. The van der Waals surface area contributed by atoms with E-state index in [1.807, 2.05) is 29.2 Å². The van der Waals surface area contributed by atoms with Gasteiger partial charge in [-0.15, -0.1) is 5.10 Å². The van der Waals surface area contributed by atoms with E-state index >= 15 is 0 Å². The Labute approximate surface area is 233 Å². The van der Waals surface area contributed by atoms with Crippen molar-refractivity contribution in [2.45, 2.75) is 37.6 Å². The fourth-order valence-electron chi connectivity index (χ4n) is 5.71. The van der Waals surface area contributed by atoms with Gasteiger partial charge < -0.3 is 9.80 Å². The number of piperidine rings is 2. The summed E-state index contributed by atoms with van der Waals surface area (Å²) in [6.07, 6.45) is 3.03. The number of aromatic nitrogens is 3. The minimum absolute atomic E-state index is 0.00353. The van der Waals surface area contributed by atoms with Crippen LogP contribution in [0, 0.1) is 11.6 Å². The SMILES string of the molecule is O=C(N=C(N1CCC2(CCCC(=O)N2c2ccc(Cl)c(F)c2)CC1)n1nnc2ccccc21)c1ccc(F)cc1. The number of nitrogens with zero attached hydrogens (tertiary/aromatic N) is 6. The van der Waals surface area contributed by atoms with Gasteiger partial charge in [0.05, 0.1) is 16.1 Å². The lowest BCUT2D eigenvalue weighted by Gasteiger charge is -2.51. The highest BCUT2D eigenvalue weighted by atomic mass is 35.5. The number of carbonyl (C=O) groups is 2. The highest BCUT2D eigenvalue weighted by Gasteiger charge is 2.46. The van der Waals surface area contributed by atoms with Crippen molar-refractivity contribution in [3.8, 4) is 0 Å². The second-order valence-corrected chi connectivity index (χ2v) is 10.5. The molecule has 8 nitrogen and oxygen atoms in total. The molecule has 40 heavy (non-hydrogen) atoms. The quantitative estimate of drug-likeness (QED) is 0.239. The van der Waals surface area contributed by atoms with Crippen LogP contribution in [0.3, 0.4) is 0 Å². The molecule has 2 aliphatic heterocycles. The maximum Gasteiger partial charge on any atom is 0.280 e. The molecular formula is C29H25ClF2N6O2. The molecule has 1 aromatic heterocycles. The maximum absolute atomic E-state index is 14.4. The van der Waals surface area contributed by atoms with Crippen LogP contribution in [0.1, 0.15) is 42.5 Å². The first-order valence-corrected chi connectivity index (χ1v) is 13.4. The van der Waals surface area contributed by atoms with Gasteiger partial charge in [-0.05, 0) is 80.3 Å². The number of hydrogen-bond acceptors (Lipinski definition) is 4. The van der Waals surface area contributed by atoms with Crippen LogP contribution in [-0.2, 0) is 4.79 Å². The number of para-hydroxylation sites is 1. The van der Waals surface area contributed by atoms with Crippen molar-refractivity contribution >= 4 is 46.1 Å². The number of anilines is 1. The van der Waals surface area contributed by atoms with Crippen LogP contribution in [0.25, 0.3) is 11.0 Å². The van der Waals surface area contributed by atoms with Crippen LogP contribution in [0.15, 0.2) is 71.7 Å². The van der Waals surface area contributed by atoms with Crippen molar-refractivity contribution < 1.29 is 18.4 Å². The number of hydrogen-bond donors (Lipinski definition) is 0. The van der Waals surface area contributed by atoms with Gasteiger partial charge in [0.2, 0.25) is 11.9 Å². The molecule has 2 fully saturated rings. The predicted octanol–water partition coefficient (Wildman–Crippen LogP) is 5.46. The summed E-state index contributed by atoms with van der Waals surface area (Å²) < 4.78 is 29.4. The Morgan fingerprint density at radius 3 is 2.48 bits per heavy atom. The summed E-state index contributed by atoms with van der Waals surface area (Å²) in [5, 5.41) is 8.53. The Hall–Kier alpha value is -4.18. The van der Waals surface area contributed by atoms with Gasteiger partial charge in [-0.3, -0.25) is 9.59 Å². The standard InChI is InChI=1S/C29H25ClF2N6O2/c30-22-12-11-21(18-23(22)32)37-26(39)6-3-13-29(37)14-16-36(17-15-29)28(33-27(40)19-7-9-20(31)10-8-19)38-25-5-2-1-4-24(25)34-35-38/h1-2,4-5,7-12,18H,3,6,13-17H2. The van der Waals surface area contributed by atoms with E-state index in [-0.39, 0.29) is 16.5 Å². The van der Waals surface area contributed by atoms with Crippen molar-refractivity contribution in [3.63, 3.8) is 0 Å². The molecular weight excluding hydrogens is 538 g/mol. The van der Waals surface area contributed by atoms with Crippen LogP contribution in [0.2, 0.25) is 5.02 Å². The third kappa shape index (κ3) is 4.72. The number of carbonyl (C=O) groups excluding carboxylic acids is 2. The van der Waals surface area contributed by atoms with Gasteiger partial charge in [0.25, 0.3) is 5.91 Å². The number of halogens is 3. The lowest BCUT2D eigenvalue weighted by atomic mass is 9.78. The first-order chi connectivity index (χ1) is 19.3. The summed E-state index contributed by atoms with van der Waals surface area (Å²) in [6.45, 7) is 0.924. The van der Waals surface area contributed by atoms with Gasteiger partial charge in [-0.25, -0.2) is 8.78 Å². The number of amides is 2. The molecule has 0 bridgehead atoms. The van der Waals surface area contributed by atoms with Crippen molar-refractivity contribution in [2.24, 2.45) is 4.99 Å². The average molecular weight is 563 g/mol. The summed E-state index contributed by atoms with van der Waals surface area (Å²) >= 11 is 5.91. The second-order valence-electron chi connectivity index (χ2n) is 10.1. The zero-order valence-corrected chi connectivity index (χ0v) is 22.2. The summed E-state index contributed by atoms with van der Waals surface area (Å²) in [5.41, 5.74) is 1.54. The van der Waals surface area contributed by atoms with Crippen molar-refractivity contribution in [2.75, 3.05) is 18.0 Å². The topological polar surface area (TPSA) is 83.7 Å². The van der Waals surface area contributed by atoms with Crippen LogP contribution >= 0.6 is 11.6 Å². The Kier molecular flexibility index (Phi) is 6.79. The van der Waals surface area contributed by atoms with Crippen LogP contribution in [-0.4, -0.2) is 56.3 Å². The highest BCUT2D eigenvalue weighted by molar-refractivity contribution is 6.30. The van der Waals surface area contributed by atoms with Crippen molar-refractivity contribution in [3.05, 3.63) is 89.0 Å². The monoisotopic (exact) mass is 562 g/mol. The van der Waals surface area contributed by atoms with E-state index in [4.69, 9.17) is 11.6 Å². The van der Waals surface area contributed by atoms with Crippen LogP contribution in [0.5, 0.6) is 0 Å². The third-order valence-corrected chi connectivity index (χ3v) is 8.04. The summed E-state index contributed by atoms with van der Waals surface area (Å²) in [7, 11) is 0. The molecule has 0 unspecified atom stereocenters. The molecule has 11 heteroatoms. The van der Waals surface area contributed by atoms with Gasteiger partial charge >= 0.3 is 0 Å². The summed E-state index contributed by atoms with van der Waals surface area (Å²) in [4.78, 5) is 34.5. The average Bonchev–Trinajstić information content (AvgIpc) is 3.38. The smallest absolute Gasteiger partial charge is 0.280 e. The zero-order chi connectivity index (χ0) is 27.9. The minimum atomic E-state index is -0.572. The molecule has 0 aliphatic carbocycles. The summed E-state index contributed by atoms with van der Waals surface area (Å²) in [6, 6.07) is 17.0. The largest absolute Gasteiger partial charge is 0.340 e. The number of benzene rings is 3. The molecule has 3 heterocycles. The second kappa shape index (κ2) is 10.4. The van der Waals surface area contributed by atoms with E-state index in [1.54, 1.807) is 11.0 Å². The lowest BCUT2D eigenvalue weighted by molar-refractivity contribution is -0.122. The van der Waals surface area contributed by atoms with Gasteiger partial charge in [-0.1, -0.05) is 28.9 Å². The summed E-state index contributed by atoms with van der Waals surface area (Å²) in [5.74, 6) is -1.32. The predicted molar refractivity (Wildman–Crippen MR) is 147 cm³/mol. The Bertz CT molecular complexity index is 1630. The molecule has 0 atom stereocenters. The molecule has 3 aromatic carbocycles. The number of rotatable bonds is 2. The molecule has 2 aliphatic rings. The van der Waals surface area contributed by atoms with Crippen LogP contribution in [0.4, 0.5) is 14.5 Å². The van der Waals surface area contributed by atoms with Crippen molar-refractivity contribution in [1.82, 2.24) is 19.9 Å². The number of likely N-dealkylation sites (tertiary alicyclic amines) is 1. The Morgan fingerprint density at radius 1 is 0.975 bits per heavy atom. The molecule has 0 N–H and O–H groups in total.